The van der Waals surface area contributed by atoms with Crippen LogP contribution in [0, 0.1) is 5.92 Å². The Morgan fingerprint density at radius 3 is 2.09 bits per heavy atom. The average molecular weight is 456 g/mol. The summed E-state index contributed by atoms with van der Waals surface area (Å²) in [7, 11) is 4.56. The highest BCUT2D eigenvalue weighted by atomic mass is 16.6. The van der Waals surface area contributed by atoms with Crippen LogP contribution >= 0.6 is 0 Å². The number of piperidine rings is 1. The van der Waals surface area contributed by atoms with Crippen molar-refractivity contribution >= 4 is 11.9 Å². The quantitative estimate of drug-likeness (QED) is 0.589. The summed E-state index contributed by atoms with van der Waals surface area (Å²) in [6, 6.07) is 12.5. The minimum absolute atomic E-state index is 0.0107. The minimum atomic E-state index is -0.365. The number of fused-ring (bicyclic) bond motifs is 2. The van der Waals surface area contributed by atoms with E-state index in [9.17, 15) is 9.59 Å². The number of carbonyl (C=O) groups excluding carboxylic acids is 2. The summed E-state index contributed by atoms with van der Waals surface area (Å²) in [6.45, 7) is 0.982. The van der Waals surface area contributed by atoms with E-state index in [1.807, 2.05) is 30.3 Å². The Morgan fingerprint density at radius 1 is 0.939 bits per heavy atom. The summed E-state index contributed by atoms with van der Waals surface area (Å²) in [4.78, 5) is 28.1. The van der Waals surface area contributed by atoms with Crippen LogP contribution in [0.25, 0.3) is 0 Å². The Balaban J connectivity index is 1.48. The van der Waals surface area contributed by atoms with Crippen molar-refractivity contribution in [2.24, 2.45) is 5.92 Å². The number of hydrogen-bond donors (Lipinski definition) is 0. The number of amides is 1. The standard InChI is InChI=1S/C25H29NO7/c1-29-21-11-18(12-22(30-2)24(21)31-3)23(27)17-9-19-14-32-15-20(10-17)26(19)25(28)33-13-16-7-5-4-6-8-16/h4-8,11-12,17,19-20H,9-10,13-15H2,1-3H3. The zero-order valence-electron chi connectivity index (χ0n) is 19.1. The van der Waals surface area contributed by atoms with E-state index < -0.39 is 0 Å². The molecule has 0 radical (unpaired) electrons. The van der Waals surface area contributed by atoms with Gasteiger partial charge in [-0.15, -0.1) is 0 Å². The molecule has 1 amide bonds. The smallest absolute Gasteiger partial charge is 0.410 e. The van der Waals surface area contributed by atoms with Gasteiger partial charge in [-0.05, 0) is 30.5 Å². The first-order valence-electron chi connectivity index (χ1n) is 11.0. The predicted molar refractivity (Wildman–Crippen MR) is 120 cm³/mol. The summed E-state index contributed by atoms with van der Waals surface area (Å²) in [6.07, 6.45) is 0.648. The molecule has 2 unspecified atom stereocenters. The van der Waals surface area contributed by atoms with Gasteiger partial charge in [-0.25, -0.2) is 4.79 Å². The van der Waals surface area contributed by atoms with Crippen molar-refractivity contribution in [3.8, 4) is 17.2 Å². The van der Waals surface area contributed by atoms with Gasteiger partial charge in [0.25, 0.3) is 0 Å². The van der Waals surface area contributed by atoms with E-state index in [-0.39, 0.29) is 36.5 Å². The number of Topliss-reactive ketones (excluding diaryl/α,β-unsaturated/α-hetero) is 1. The highest BCUT2D eigenvalue weighted by Crippen LogP contribution is 2.40. The van der Waals surface area contributed by atoms with E-state index in [4.69, 9.17) is 23.7 Å². The Morgan fingerprint density at radius 2 is 1.55 bits per heavy atom. The van der Waals surface area contributed by atoms with Gasteiger partial charge in [-0.1, -0.05) is 30.3 Å². The van der Waals surface area contributed by atoms with Crippen molar-refractivity contribution in [1.82, 2.24) is 4.90 Å². The van der Waals surface area contributed by atoms with Gasteiger partial charge in [0.1, 0.15) is 6.61 Å². The molecule has 0 aliphatic carbocycles. The van der Waals surface area contributed by atoms with Crippen LogP contribution in [-0.2, 0) is 16.1 Å². The number of benzene rings is 2. The largest absolute Gasteiger partial charge is 0.493 e. The number of hydrogen-bond acceptors (Lipinski definition) is 7. The molecular weight excluding hydrogens is 426 g/mol. The Labute approximate surface area is 193 Å². The lowest BCUT2D eigenvalue weighted by molar-refractivity contribution is -0.0755. The zero-order valence-corrected chi connectivity index (χ0v) is 19.1. The van der Waals surface area contributed by atoms with Crippen LogP contribution in [0.2, 0.25) is 0 Å². The highest BCUT2D eigenvalue weighted by Gasteiger charge is 2.44. The van der Waals surface area contributed by atoms with E-state index in [2.05, 4.69) is 0 Å². The summed E-state index contributed by atoms with van der Waals surface area (Å²) in [5.74, 6) is 1.06. The van der Waals surface area contributed by atoms with Crippen LogP contribution in [0.5, 0.6) is 17.2 Å². The molecule has 2 fully saturated rings. The Bertz CT molecular complexity index is 954. The molecular formula is C25H29NO7. The minimum Gasteiger partial charge on any atom is -0.493 e. The molecule has 2 bridgehead atoms. The van der Waals surface area contributed by atoms with Gasteiger partial charge in [0.05, 0.1) is 46.6 Å². The fourth-order valence-electron chi connectivity index (χ4n) is 4.68. The van der Waals surface area contributed by atoms with Gasteiger partial charge >= 0.3 is 6.09 Å². The van der Waals surface area contributed by atoms with E-state index in [1.165, 1.54) is 21.3 Å². The molecule has 2 heterocycles. The van der Waals surface area contributed by atoms with Crippen molar-refractivity contribution in [2.75, 3.05) is 34.5 Å². The number of ketones is 1. The van der Waals surface area contributed by atoms with Crippen LogP contribution in [0.4, 0.5) is 4.79 Å². The highest BCUT2D eigenvalue weighted by molar-refractivity contribution is 5.99. The molecule has 2 atom stereocenters. The van der Waals surface area contributed by atoms with Gasteiger partial charge in [-0.3, -0.25) is 9.69 Å². The number of carbonyl (C=O) groups is 2. The maximum Gasteiger partial charge on any atom is 0.410 e. The second kappa shape index (κ2) is 10.1. The van der Waals surface area contributed by atoms with Crippen LogP contribution in [-0.4, -0.2) is 63.4 Å². The summed E-state index contributed by atoms with van der Waals surface area (Å²) in [5, 5.41) is 0. The van der Waals surface area contributed by atoms with Gasteiger partial charge < -0.3 is 23.7 Å². The summed E-state index contributed by atoms with van der Waals surface area (Å²) in [5.41, 5.74) is 1.42. The zero-order chi connectivity index (χ0) is 23.4. The third-order valence-corrected chi connectivity index (χ3v) is 6.26. The van der Waals surface area contributed by atoms with Crippen molar-refractivity contribution in [2.45, 2.75) is 31.5 Å². The SMILES string of the molecule is COc1cc(C(=O)C2CC3COCC(C2)N3C(=O)OCc2ccccc2)cc(OC)c1OC. The molecule has 0 N–H and O–H groups in total. The van der Waals surface area contributed by atoms with Crippen molar-refractivity contribution in [1.29, 1.82) is 0 Å². The van der Waals surface area contributed by atoms with Crippen LogP contribution in [0.1, 0.15) is 28.8 Å². The fraction of sp³-hybridized carbons (Fsp3) is 0.440. The van der Waals surface area contributed by atoms with Gasteiger partial charge in [0, 0.05) is 11.5 Å². The molecule has 0 spiro atoms. The third kappa shape index (κ3) is 4.75. The molecule has 8 nitrogen and oxygen atoms in total. The fourth-order valence-corrected chi connectivity index (χ4v) is 4.68. The van der Waals surface area contributed by atoms with E-state index in [0.717, 1.165) is 5.56 Å². The first-order chi connectivity index (χ1) is 16.0. The van der Waals surface area contributed by atoms with Crippen molar-refractivity contribution in [3.05, 3.63) is 53.6 Å². The molecule has 4 rings (SSSR count). The molecule has 33 heavy (non-hydrogen) atoms. The lowest BCUT2D eigenvalue weighted by Gasteiger charge is -2.47. The van der Waals surface area contributed by atoms with Crippen molar-refractivity contribution < 1.29 is 33.3 Å². The molecule has 2 aliphatic heterocycles. The molecule has 2 aromatic rings. The Kier molecular flexibility index (Phi) is 7.03. The monoisotopic (exact) mass is 455 g/mol. The normalized spacial score (nSPS) is 21.8. The van der Waals surface area contributed by atoms with Gasteiger partial charge in [0.2, 0.25) is 5.75 Å². The number of rotatable bonds is 7. The Hall–Kier alpha value is -3.26. The first-order valence-corrected chi connectivity index (χ1v) is 11.0. The maximum absolute atomic E-state index is 13.4. The van der Waals surface area contributed by atoms with E-state index >= 15 is 0 Å². The predicted octanol–water partition coefficient (Wildman–Crippen LogP) is 3.71. The third-order valence-electron chi connectivity index (χ3n) is 6.26. The first kappa shape index (κ1) is 22.9. The molecule has 2 aliphatic rings. The van der Waals surface area contributed by atoms with Crippen LogP contribution < -0.4 is 14.2 Å². The molecule has 2 aromatic carbocycles. The lowest BCUT2D eigenvalue weighted by Crippen LogP contribution is -2.59. The molecule has 0 saturated carbocycles. The second-order valence-electron chi connectivity index (χ2n) is 8.24. The molecule has 176 valence electrons. The van der Waals surface area contributed by atoms with Crippen LogP contribution in [0.15, 0.2) is 42.5 Å². The summed E-state index contributed by atoms with van der Waals surface area (Å²) >= 11 is 0. The lowest BCUT2D eigenvalue weighted by atomic mass is 9.80. The topological polar surface area (TPSA) is 83.5 Å². The number of ether oxygens (including phenoxy) is 5. The average Bonchev–Trinajstić information content (AvgIpc) is 2.85. The number of nitrogens with zero attached hydrogens (tertiary/aromatic N) is 1. The molecule has 2 saturated heterocycles. The molecule has 0 aromatic heterocycles. The number of methoxy groups -OCH3 is 3. The van der Waals surface area contributed by atoms with Crippen LogP contribution in [0.3, 0.4) is 0 Å². The second-order valence-corrected chi connectivity index (χ2v) is 8.24. The van der Waals surface area contributed by atoms with Gasteiger partial charge in [-0.2, -0.15) is 0 Å². The van der Waals surface area contributed by atoms with Crippen molar-refractivity contribution in [3.63, 3.8) is 0 Å². The van der Waals surface area contributed by atoms with E-state index in [1.54, 1.807) is 17.0 Å². The maximum atomic E-state index is 13.4. The summed E-state index contributed by atoms with van der Waals surface area (Å²) < 4.78 is 27.4. The van der Waals surface area contributed by atoms with Gasteiger partial charge in [0.15, 0.2) is 17.3 Å². The number of morpholine rings is 1. The van der Waals surface area contributed by atoms with E-state index in [0.29, 0.717) is 48.9 Å². The molecule has 8 heteroatoms.